The van der Waals surface area contributed by atoms with E-state index < -0.39 is 0 Å². The van der Waals surface area contributed by atoms with Crippen LogP contribution in [0.25, 0.3) is 0 Å². The van der Waals surface area contributed by atoms with Crippen molar-refractivity contribution in [2.45, 2.75) is 63.5 Å². The molecule has 1 heterocycles. The van der Waals surface area contributed by atoms with E-state index in [9.17, 15) is 0 Å². The molecule has 2 rings (SSSR count). The molecule has 3 N–H and O–H groups in total. The first kappa shape index (κ1) is 16.2. The monoisotopic (exact) mass is 284 g/mol. The normalized spacial score (nSPS) is 31.4. The summed E-state index contributed by atoms with van der Waals surface area (Å²) in [5, 5.41) is 16.2. The molecule has 20 heavy (non-hydrogen) atoms. The molecular weight excluding hydrogens is 252 g/mol. The van der Waals surface area contributed by atoms with Crippen molar-refractivity contribution in [2.24, 2.45) is 5.92 Å². The molecule has 2 aliphatic rings. The summed E-state index contributed by atoms with van der Waals surface area (Å²) < 4.78 is 5.31. The first-order chi connectivity index (χ1) is 9.92. The Morgan fingerprint density at radius 1 is 1.05 bits per heavy atom. The first-order valence-corrected chi connectivity index (χ1v) is 8.57. The third-order valence-corrected chi connectivity index (χ3v) is 4.79. The van der Waals surface area contributed by atoms with Gasteiger partial charge in [-0.1, -0.05) is 19.3 Å². The van der Waals surface area contributed by atoms with Crippen LogP contribution in [0.3, 0.4) is 0 Å². The van der Waals surface area contributed by atoms with Crippen LogP contribution < -0.4 is 10.6 Å². The van der Waals surface area contributed by atoms with Crippen molar-refractivity contribution in [1.82, 2.24) is 10.6 Å². The predicted molar refractivity (Wildman–Crippen MR) is 81.9 cm³/mol. The van der Waals surface area contributed by atoms with Gasteiger partial charge in [-0.2, -0.15) is 0 Å². The molecule has 0 amide bonds. The minimum absolute atomic E-state index is 0.130. The minimum atomic E-state index is 0.130. The smallest absolute Gasteiger partial charge is 0.0697 e. The fourth-order valence-corrected chi connectivity index (χ4v) is 3.77. The summed E-state index contributed by atoms with van der Waals surface area (Å²) in [4.78, 5) is 0. The third kappa shape index (κ3) is 5.32. The Labute approximate surface area is 123 Å². The van der Waals surface area contributed by atoms with Crippen LogP contribution in [0.4, 0.5) is 0 Å². The summed E-state index contributed by atoms with van der Waals surface area (Å²) in [6.07, 6.45) is 10.7. The van der Waals surface area contributed by atoms with Gasteiger partial charge < -0.3 is 20.5 Å². The molecule has 4 nitrogen and oxygen atoms in total. The zero-order valence-electron chi connectivity index (χ0n) is 12.8. The van der Waals surface area contributed by atoms with Crippen molar-refractivity contribution >= 4 is 0 Å². The van der Waals surface area contributed by atoms with E-state index in [-0.39, 0.29) is 6.61 Å². The molecule has 3 atom stereocenters. The van der Waals surface area contributed by atoms with Gasteiger partial charge in [-0.25, -0.2) is 0 Å². The van der Waals surface area contributed by atoms with Gasteiger partial charge >= 0.3 is 0 Å². The Bertz CT molecular complexity index is 245. The van der Waals surface area contributed by atoms with E-state index in [2.05, 4.69) is 10.6 Å². The minimum Gasteiger partial charge on any atom is -0.394 e. The summed E-state index contributed by atoms with van der Waals surface area (Å²) in [6.45, 7) is 3.61. The summed E-state index contributed by atoms with van der Waals surface area (Å²) in [5.41, 5.74) is 0. The summed E-state index contributed by atoms with van der Waals surface area (Å²) in [5.74, 6) is 0.822. The second-order valence-corrected chi connectivity index (χ2v) is 6.25. The Hall–Kier alpha value is -0.160. The quantitative estimate of drug-likeness (QED) is 0.594. The largest absolute Gasteiger partial charge is 0.394 e. The van der Waals surface area contributed by atoms with Crippen LogP contribution in [0.15, 0.2) is 0 Å². The van der Waals surface area contributed by atoms with Crippen LogP contribution in [0, 0.1) is 5.92 Å². The fraction of sp³-hybridized carbons (Fsp3) is 1.00. The van der Waals surface area contributed by atoms with Gasteiger partial charge in [0, 0.05) is 18.7 Å². The zero-order valence-corrected chi connectivity index (χ0v) is 12.8. The van der Waals surface area contributed by atoms with Crippen molar-refractivity contribution in [3.63, 3.8) is 0 Å². The fourth-order valence-electron chi connectivity index (χ4n) is 3.77. The van der Waals surface area contributed by atoms with E-state index in [0.29, 0.717) is 12.6 Å². The third-order valence-electron chi connectivity index (χ3n) is 4.79. The molecule has 118 valence electrons. The van der Waals surface area contributed by atoms with Gasteiger partial charge in [0.1, 0.15) is 0 Å². The van der Waals surface area contributed by atoms with Gasteiger partial charge in [-0.15, -0.1) is 0 Å². The highest BCUT2D eigenvalue weighted by atomic mass is 16.5. The molecule has 0 aromatic carbocycles. The van der Waals surface area contributed by atoms with E-state index in [0.717, 1.165) is 31.5 Å². The predicted octanol–water partition coefficient (Wildman–Crippen LogP) is 1.68. The zero-order chi connectivity index (χ0) is 14.0. The highest BCUT2D eigenvalue weighted by molar-refractivity contribution is 4.90. The molecule has 1 aliphatic heterocycles. The van der Waals surface area contributed by atoms with Crippen LogP contribution >= 0.6 is 0 Å². The van der Waals surface area contributed by atoms with Crippen LogP contribution in [0.1, 0.15) is 51.4 Å². The molecule has 1 saturated carbocycles. The maximum Gasteiger partial charge on any atom is 0.0697 e. The number of hydrogen-bond acceptors (Lipinski definition) is 4. The molecule has 0 bridgehead atoms. The number of nitrogens with one attached hydrogen (secondary N) is 2. The molecule has 0 aromatic heterocycles. The maximum atomic E-state index is 8.66. The van der Waals surface area contributed by atoms with Crippen LogP contribution in [0.5, 0.6) is 0 Å². The molecular formula is C16H32N2O2. The highest BCUT2D eigenvalue weighted by Gasteiger charge is 2.31. The maximum absolute atomic E-state index is 8.66. The Balaban J connectivity index is 1.67. The lowest BCUT2D eigenvalue weighted by Crippen LogP contribution is -2.50. The van der Waals surface area contributed by atoms with Crippen LogP contribution in [-0.2, 0) is 4.74 Å². The Morgan fingerprint density at radius 2 is 1.90 bits per heavy atom. The summed E-state index contributed by atoms with van der Waals surface area (Å²) in [6, 6.07) is 1.43. The lowest BCUT2D eigenvalue weighted by molar-refractivity contribution is 0.0890. The Kier molecular flexibility index (Phi) is 7.88. The number of rotatable bonds is 8. The molecule has 4 heteroatoms. The van der Waals surface area contributed by atoms with Crippen LogP contribution in [0.2, 0.25) is 0 Å². The van der Waals surface area contributed by atoms with Gasteiger partial charge in [0.05, 0.1) is 13.2 Å². The SMILES string of the molecule is OCCOCCCNC1CCCCC1C1CCCCN1. The number of piperidine rings is 1. The van der Waals surface area contributed by atoms with E-state index in [1.54, 1.807) is 0 Å². The number of hydrogen-bond donors (Lipinski definition) is 3. The van der Waals surface area contributed by atoms with E-state index in [4.69, 9.17) is 9.84 Å². The van der Waals surface area contributed by atoms with Gasteiger partial charge in [0.2, 0.25) is 0 Å². The Morgan fingerprint density at radius 3 is 2.70 bits per heavy atom. The van der Waals surface area contributed by atoms with Crippen molar-refractivity contribution in [2.75, 3.05) is 32.9 Å². The molecule has 2 fully saturated rings. The average Bonchev–Trinajstić information content (AvgIpc) is 2.52. The standard InChI is InChI=1S/C16H32N2O2/c19-11-13-20-12-5-10-18-15-7-2-1-6-14(15)16-8-3-4-9-17-16/h14-19H,1-13H2. The molecule has 3 unspecified atom stereocenters. The molecule has 0 radical (unpaired) electrons. The van der Waals surface area contributed by atoms with Crippen LogP contribution in [-0.4, -0.2) is 50.1 Å². The van der Waals surface area contributed by atoms with Gasteiger partial charge in [-0.3, -0.25) is 0 Å². The van der Waals surface area contributed by atoms with E-state index >= 15 is 0 Å². The average molecular weight is 284 g/mol. The summed E-state index contributed by atoms with van der Waals surface area (Å²) in [7, 11) is 0. The second-order valence-electron chi connectivity index (χ2n) is 6.25. The van der Waals surface area contributed by atoms with E-state index in [1.165, 1.54) is 51.5 Å². The second kappa shape index (κ2) is 9.72. The molecule has 0 aromatic rings. The van der Waals surface area contributed by atoms with Gasteiger partial charge in [0.25, 0.3) is 0 Å². The number of ether oxygens (including phenoxy) is 1. The van der Waals surface area contributed by atoms with Crippen molar-refractivity contribution in [3.05, 3.63) is 0 Å². The summed E-state index contributed by atoms with van der Waals surface area (Å²) >= 11 is 0. The molecule has 1 aliphatic carbocycles. The van der Waals surface area contributed by atoms with Gasteiger partial charge in [-0.05, 0) is 51.1 Å². The van der Waals surface area contributed by atoms with E-state index in [1.807, 2.05) is 0 Å². The number of aliphatic hydroxyl groups excluding tert-OH is 1. The number of aliphatic hydroxyl groups is 1. The molecule has 0 spiro atoms. The lowest BCUT2D eigenvalue weighted by Gasteiger charge is -2.40. The highest BCUT2D eigenvalue weighted by Crippen LogP contribution is 2.30. The molecule has 1 saturated heterocycles. The topological polar surface area (TPSA) is 53.5 Å². The van der Waals surface area contributed by atoms with Crippen molar-refractivity contribution in [1.29, 1.82) is 0 Å². The van der Waals surface area contributed by atoms with Crippen molar-refractivity contribution in [3.8, 4) is 0 Å². The lowest BCUT2D eigenvalue weighted by atomic mass is 9.77. The first-order valence-electron chi connectivity index (χ1n) is 8.57. The van der Waals surface area contributed by atoms with Gasteiger partial charge in [0.15, 0.2) is 0 Å². The van der Waals surface area contributed by atoms with Crippen molar-refractivity contribution < 1.29 is 9.84 Å².